The number of amides is 2. The topological polar surface area (TPSA) is 71.1 Å². The Bertz CT molecular complexity index is 913. The van der Waals surface area contributed by atoms with Crippen molar-refractivity contribution in [3.8, 4) is 11.5 Å². The molecule has 7 nitrogen and oxygen atoms in total. The van der Waals surface area contributed by atoms with Crippen molar-refractivity contribution in [1.29, 1.82) is 0 Å². The van der Waals surface area contributed by atoms with Gasteiger partial charge in [0, 0.05) is 26.3 Å². The molecule has 160 valence electrons. The van der Waals surface area contributed by atoms with Gasteiger partial charge in [-0.25, -0.2) is 0 Å². The molecule has 30 heavy (non-hydrogen) atoms. The Hall–Kier alpha value is -3.22. The van der Waals surface area contributed by atoms with E-state index >= 15 is 0 Å². The molecule has 2 aromatic carbocycles. The zero-order valence-electron chi connectivity index (χ0n) is 18.0. The van der Waals surface area contributed by atoms with E-state index in [4.69, 9.17) is 9.47 Å². The van der Waals surface area contributed by atoms with Crippen molar-refractivity contribution in [1.82, 2.24) is 9.80 Å². The van der Waals surface area contributed by atoms with E-state index in [1.54, 1.807) is 20.2 Å². The first kappa shape index (κ1) is 21.5. The first-order chi connectivity index (χ1) is 14.5. The van der Waals surface area contributed by atoms with E-state index in [9.17, 15) is 9.59 Å². The highest BCUT2D eigenvalue weighted by molar-refractivity contribution is 6.01. The van der Waals surface area contributed by atoms with Gasteiger partial charge in [0.25, 0.3) is 11.8 Å². The number of carbonyl (C=O) groups is 2. The molecular weight excluding hydrogens is 382 g/mol. The third kappa shape index (κ3) is 4.50. The van der Waals surface area contributed by atoms with Crippen molar-refractivity contribution in [3.05, 3.63) is 53.6 Å². The van der Waals surface area contributed by atoms with Gasteiger partial charge in [0.15, 0.2) is 18.1 Å². The van der Waals surface area contributed by atoms with Crippen LogP contribution in [-0.2, 0) is 4.79 Å². The third-order valence-corrected chi connectivity index (χ3v) is 4.92. The third-order valence-electron chi connectivity index (χ3n) is 4.92. The predicted molar refractivity (Wildman–Crippen MR) is 116 cm³/mol. The maximum atomic E-state index is 13.1. The van der Waals surface area contributed by atoms with Gasteiger partial charge in [-0.2, -0.15) is 0 Å². The summed E-state index contributed by atoms with van der Waals surface area (Å²) >= 11 is 0. The fraction of sp³-hybridized carbons (Fsp3) is 0.391. The lowest BCUT2D eigenvalue weighted by Gasteiger charge is -2.38. The summed E-state index contributed by atoms with van der Waals surface area (Å²) in [6, 6.07) is 13.1. The van der Waals surface area contributed by atoms with Gasteiger partial charge in [-0.1, -0.05) is 25.1 Å². The van der Waals surface area contributed by atoms with Crippen molar-refractivity contribution in [2.45, 2.75) is 26.4 Å². The molecule has 3 rings (SSSR count). The molecule has 2 aromatic rings. The van der Waals surface area contributed by atoms with Crippen LogP contribution in [0.15, 0.2) is 42.5 Å². The maximum Gasteiger partial charge on any atom is 0.259 e. The highest BCUT2D eigenvalue weighted by Gasteiger charge is 2.32. The standard InChI is InChI=1S/C23H29N3O4/c1-5-13-26-22(24-18-10-8-7-9-17(18)23(26)28)16-11-12-19(20(14-16)29-6-2)30-15-21(27)25(3)4/h7-12,14,22,24H,5-6,13,15H2,1-4H3/t22-/m0/s1. The number of rotatable bonds is 8. The number of benzene rings is 2. The normalized spacial score (nSPS) is 15.3. The SMILES string of the molecule is CCCN1C(=O)c2ccccc2N[C@@H]1c1ccc(OCC(=O)N(C)C)c(OCC)c1. The molecule has 0 saturated heterocycles. The first-order valence-electron chi connectivity index (χ1n) is 10.2. The van der Waals surface area contributed by atoms with Gasteiger partial charge in [-0.05, 0) is 43.2 Å². The summed E-state index contributed by atoms with van der Waals surface area (Å²) in [5.74, 6) is 0.921. The Labute approximate surface area is 177 Å². The average molecular weight is 412 g/mol. The summed E-state index contributed by atoms with van der Waals surface area (Å²) < 4.78 is 11.5. The van der Waals surface area contributed by atoms with Crippen LogP contribution in [0.4, 0.5) is 5.69 Å². The van der Waals surface area contributed by atoms with Gasteiger partial charge in [0.05, 0.1) is 12.2 Å². The minimum absolute atomic E-state index is 0.00562. The van der Waals surface area contributed by atoms with Crippen LogP contribution >= 0.6 is 0 Å². The van der Waals surface area contributed by atoms with Crippen LogP contribution in [0.3, 0.4) is 0 Å². The number of hydrogen-bond acceptors (Lipinski definition) is 5. The molecule has 0 unspecified atom stereocenters. The van der Waals surface area contributed by atoms with Gasteiger partial charge < -0.3 is 24.6 Å². The lowest BCUT2D eigenvalue weighted by molar-refractivity contribution is -0.130. The maximum absolute atomic E-state index is 13.1. The monoisotopic (exact) mass is 411 g/mol. The smallest absolute Gasteiger partial charge is 0.259 e. The number of hydrogen-bond donors (Lipinski definition) is 1. The molecule has 1 aliphatic rings. The van der Waals surface area contributed by atoms with E-state index in [1.165, 1.54) is 4.90 Å². The Morgan fingerprint density at radius 3 is 2.57 bits per heavy atom. The number of anilines is 1. The van der Waals surface area contributed by atoms with Crippen molar-refractivity contribution in [3.63, 3.8) is 0 Å². The van der Waals surface area contributed by atoms with Crippen LogP contribution in [0.5, 0.6) is 11.5 Å². The Morgan fingerprint density at radius 2 is 1.87 bits per heavy atom. The number of nitrogens with zero attached hydrogens (tertiary/aromatic N) is 2. The lowest BCUT2D eigenvalue weighted by atomic mass is 10.0. The van der Waals surface area contributed by atoms with Crippen LogP contribution in [0.25, 0.3) is 0 Å². The minimum atomic E-state index is -0.316. The van der Waals surface area contributed by atoms with Gasteiger partial charge in [-0.3, -0.25) is 9.59 Å². The van der Waals surface area contributed by atoms with E-state index in [0.717, 1.165) is 17.7 Å². The molecule has 1 atom stereocenters. The van der Waals surface area contributed by atoms with E-state index in [1.807, 2.05) is 48.2 Å². The molecule has 0 aromatic heterocycles. The summed E-state index contributed by atoms with van der Waals surface area (Å²) in [7, 11) is 3.37. The average Bonchev–Trinajstić information content (AvgIpc) is 2.74. The highest BCUT2D eigenvalue weighted by atomic mass is 16.5. The largest absolute Gasteiger partial charge is 0.490 e. The molecule has 2 amide bonds. The van der Waals surface area contributed by atoms with Crippen LogP contribution in [-0.4, -0.2) is 55.5 Å². The molecule has 0 bridgehead atoms. The van der Waals surface area contributed by atoms with E-state index in [-0.39, 0.29) is 24.6 Å². The summed E-state index contributed by atoms with van der Waals surface area (Å²) in [5, 5.41) is 3.48. The second kappa shape index (κ2) is 9.52. The van der Waals surface area contributed by atoms with Crippen LogP contribution in [0.2, 0.25) is 0 Å². The van der Waals surface area contributed by atoms with Crippen molar-refractivity contribution < 1.29 is 19.1 Å². The van der Waals surface area contributed by atoms with Crippen molar-refractivity contribution in [2.24, 2.45) is 0 Å². The number of para-hydroxylation sites is 1. The second-order valence-corrected chi connectivity index (χ2v) is 7.31. The minimum Gasteiger partial charge on any atom is -0.490 e. The van der Waals surface area contributed by atoms with Crippen LogP contribution in [0.1, 0.15) is 42.4 Å². The molecule has 0 aliphatic carbocycles. The van der Waals surface area contributed by atoms with Gasteiger partial charge in [0.1, 0.15) is 6.17 Å². The zero-order valence-corrected chi connectivity index (χ0v) is 18.0. The van der Waals surface area contributed by atoms with Gasteiger partial charge >= 0.3 is 0 Å². The molecule has 1 heterocycles. The summed E-state index contributed by atoms with van der Waals surface area (Å²) in [4.78, 5) is 28.3. The molecule has 0 fully saturated rings. The quantitative estimate of drug-likeness (QED) is 0.720. The molecular formula is C23H29N3O4. The summed E-state index contributed by atoms with van der Waals surface area (Å²) in [5.41, 5.74) is 2.38. The Morgan fingerprint density at radius 1 is 1.10 bits per heavy atom. The fourth-order valence-corrected chi connectivity index (χ4v) is 3.38. The first-order valence-corrected chi connectivity index (χ1v) is 10.2. The second-order valence-electron chi connectivity index (χ2n) is 7.31. The number of carbonyl (C=O) groups excluding carboxylic acids is 2. The molecule has 1 aliphatic heterocycles. The molecule has 0 radical (unpaired) electrons. The van der Waals surface area contributed by atoms with E-state index in [0.29, 0.717) is 30.2 Å². The van der Waals surface area contributed by atoms with Gasteiger partial charge in [0.2, 0.25) is 0 Å². The number of likely N-dealkylation sites (N-methyl/N-ethyl adjacent to an activating group) is 1. The summed E-state index contributed by atoms with van der Waals surface area (Å²) in [6.07, 6.45) is 0.530. The lowest BCUT2D eigenvalue weighted by Crippen LogP contribution is -2.43. The van der Waals surface area contributed by atoms with E-state index < -0.39 is 0 Å². The van der Waals surface area contributed by atoms with Crippen LogP contribution < -0.4 is 14.8 Å². The van der Waals surface area contributed by atoms with Crippen molar-refractivity contribution in [2.75, 3.05) is 39.2 Å². The Balaban J connectivity index is 1.92. The Kier molecular flexibility index (Phi) is 6.82. The molecule has 0 saturated carbocycles. The number of fused-ring (bicyclic) bond motifs is 1. The molecule has 0 spiro atoms. The number of ether oxygens (including phenoxy) is 2. The summed E-state index contributed by atoms with van der Waals surface area (Å²) in [6.45, 7) is 4.96. The fourth-order valence-electron chi connectivity index (χ4n) is 3.38. The van der Waals surface area contributed by atoms with Crippen LogP contribution in [0, 0.1) is 0 Å². The molecule has 7 heteroatoms. The highest BCUT2D eigenvalue weighted by Crippen LogP contribution is 2.37. The zero-order chi connectivity index (χ0) is 21.7. The van der Waals surface area contributed by atoms with Crippen molar-refractivity contribution >= 4 is 17.5 Å². The number of nitrogens with one attached hydrogen (secondary N) is 1. The predicted octanol–water partition coefficient (Wildman–Crippen LogP) is 3.53. The van der Waals surface area contributed by atoms with Gasteiger partial charge in [-0.15, -0.1) is 0 Å². The van der Waals surface area contributed by atoms with E-state index in [2.05, 4.69) is 12.2 Å². The molecule has 1 N–H and O–H groups in total.